The predicted octanol–water partition coefficient (Wildman–Crippen LogP) is 6.64. The Balaban J connectivity index is 1.88. The molecule has 39 heavy (non-hydrogen) atoms. The Hall–Kier alpha value is -1.87. The van der Waals surface area contributed by atoms with Gasteiger partial charge in [0, 0.05) is 32.2 Å². The molecule has 0 bridgehead atoms. The van der Waals surface area contributed by atoms with Gasteiger partial charge >= 0.3 is 5.97 Å². The first-order chi connectivity index (χ1) is 19.0. The Bertz CT molecular complexity index is 746. The van der Waals surface area contributed by atoms with Gasteiger partial charge in [-0.25, -0.2) is 4.79 Å². The van der Waals surface area contributed by atoms with Crippen molar-refractivity contribution >= 4 is 5.97 Å². The number of rotatable bonds is 21. The van der Waals surface area contributed by atoms with E-state index >= 15 is 0 Å². The standard InChI is InChI=1S/C31H54N2O6/c1-5-9-12-26(7-3)23-36-29-20-28(21-30(22-29)37-24-27(8-4)13-10-6-2)25-38-39-31(34)14-11-15-32-16-18-33(35)19-17-32/h20-22,26-27,35H,5-19,23-25H2,1-4H3. The van der Waals surface area contributed by atoms with Crippen molar-refractivity contribution in [3.05, 3.63) is 23.8 Å². The molecule has 0 aromatic heterocycles. The van der Waals surface area contributed by atoms with E-state index in [4.69, 9.17) is 19.2 Å². The van der Waals surface area contributed by atoms with Crippen molar-refractivity contribution in [3.63, 3.8) is 0 Å². The highest BCUT2D eigenvalue weighted by molar-refractivity contribution is 5.68. The molecule has 8 nitrogen and oxygen atoms in total. The number of hydrogen-bond donors (Lipinski definition) is 1. The third-order valence-corrected chi connectivity index (χ3v) is 7.58. The van der Waals surface area contributed by atoms with Crippen molar-refractivity contribution in [2.45, 2.75) is 98.5 Å². The van der Waals surface area contributed by atoms with Crippen LogP contribution in [0.25, 0.3) is 0 Å². The van der Waals surface area contributed by atoms with E-state index in [-0.39, 0.29) is 12.6 Å². The van der Waals surface area contributed by atoms with Crippen molar-refractivity contribution in [1.82, 2.24) is 9.96 Å². The monoisotopic (exact) mass is 550 g/mol. The maximum Gasteiger partial charge on any atom is 0.342 e. The van der Waals surface area contributed by atoms with Crippen LogP contribution >= 0.6 is 0 Å². The Morgan fingerprint density at radius 2 is 1.41 bits per heavy atom. The summed E-state index contributed by atoms with van der Waals surface area (Å²) in [5, 5.41) is 10.8. The summed E-state index contributed by atoms with van der Waals surface area (Å²) in [6, 6.07) is 5.86. The third-order valence-electron chi connectivity index (χ3n) is 7.58. The number of piperazine rings is 1. The van der Waals surface area contributed by atoms with Gasteiger partial charge in [-0.2, -0.15) is 9.95 Å². The van der Waals surface area contributed by atoms with Crippen LogP contribution in [0, 0.1) is 11.8 Å². The Morgan fingerprint density at radius 3 is 1.92 bits per heavy atom. The molecule has 2 unspecified atom stereocenters. The van der Waals surface area contributed by atoms with Gasteiger partial charge in [-0.3, -0.25) is 4.89 Å². The van der Waals surface area contributed by atoms with E-state index in [2.05, 4.69) is 32.6 Å². The average molecular weight is 551 g/mol. The lowest BCUT2D eigenvalue weighted by molar-refractivity contribution is -0.280. The predicted molar refractivity (Wildman–Crippen MR) is 154 cm³/mol. The zero-order chi connectivity index (χ0) is 28.3. The summed E-state index contributed by atoms with van der Waals surface area (Å²) in [4.78, 5) is 24.8. The molecule has 0 radical (unpaired) electrons. The Morgan fingerprint density at radius 1 is 0.846 bits per heavy atom. The zero-order valence-corrected chi connectivity index (χ0v) is 25.0. The second-order valence-electron chi connectivity index (χ2n) is 10.9. The summed E-state index contributed by atoms with van der Waals surface area (Å²) in [5.41, 5.74) is 0.848. The molecule has 8 heteroatoms. The second kappa shape index (κ2) is 20.1. The van der Waals surface area contributed by atoms with Crippen LogP contribution in [-0.2, 0) is 21.2 Å². The van der Waals surface area contributed by atoms with Gasteiger partial charge in [0.25, 0.3) is 0 Å². The highest BCUT2D eigenvalue weighted by Gasteiger charge is 2.16. The summed E-state index contributed by atoms with van der Waals surface area (Å²) in [6.07, 6.45) is 10.3. The lowest BCUT2D eigenvalue weighted by Crippen LogP contribution is -2.45. The molecule has 1 N–H and O–H groups in total. The molecule has 2 atom stereocenters. The minimum absolute atomic E-state index is 0.137. The summed E-state index contributed by atoms with van der Waals surface area (Å²) in [5.74, 6) is 2.21. The summed E-state index contributed by atoms with van der Waals surface area (Å²) in [7, 11) is 0. The number of carbonyl (C=O) groups is 1. The summed E-state index contributed by atoms with van der Waals surface area (Å²) >= 11 is 0. The second-order valence-corrected chi connectivity index (χ2v) is 10.9. The van der Waals surface area contributed by atoms with E-state index in [1.807, 2.05) is 18.2 Å². The number of nitrogens with zero attached hydrogens (tertiary/aromatic N) is 2. The molecular formula is C31H54N2O6. The van der Waals surface area contributed by atoms with E-state index in [1.54, 1.807) is 0 Å². The van der Waals surface area contributed by atoms with Gasteiger partial charge in [-0.05, 0) is 55.3 Å². The van der Waals surface area contributed by atoms with E-state index in [0.29, 0.717) is 51.0 Å². The van der Waals surface area contributed by atoms with Gasteiger partial charge in [-0.15, -0.1) is 0 Å². The van der Waals surface area contributed by atoms with Gasteiger partial charge in [-0.1, -0.05) is 66.2 Å². The van der Waals surface area contributed by atoms with Crippen LogP contribution in [0.4, 0.5) is 0 Å². The van der Waals surface area contributed by atoms with Crippen molar-refractivity contribution in [2.75, 3.05) is 45.9 Å². The number of hydroxylamine groups is 2. The van der Waals surface area contributed by atoms with Crippen LogP contribution in [-0.4, -0.2) is 67.1 Å². The molecule has 2 rings (SSSR count). The van der Waals surface area contributed by atoms with E-state index < -0.39 is 0 Å². The molecule has 1 aliphatic rings. The number of hydrogen-bond acceptors (Lipinski definition) is 8. The highest BCUT2D eigenvalue weighted by atomic mass is 17.2. The molecule has 1 aromatic carbocycles. The maximum absolute atomic E-state index is 12.2. The van der Waals surface area contributed by atoms with Gasteiger partial charge in [0.05, 0.1) is 19.6 Å². The van der Waals surface area contributed by atoms with Crippen LogP contribution in [0.1, 0.15) is 97.5 Å². The molecular weight excluding hydrogens is 496 g/mol. The maximum atomic E-state index is 12.2. The molecule has 1 fully saturated rings. The smallest absolute Gasteiger partial charge is 0.342 e. The summed E-state index contributed by atoms with van der Waals surface area (Å²) < 4.78 is 12.4. The fourth-order valence-corrected chi connectivity index (χ4v) is 4.72. The number of carbonyl (C=O) groups excluding carboxylic acids is 1. The van der Waals surface area contributed by atoms with E-state index in [0.717, 1.165) is 49.5 Å². The van der Waals surface area contributed by atoms with Crippen molar-refractivity contribution in [2.24, 2.45) is 11.8 Å². The van der Waals surface area contributed by atoms with Crippen molar-refractivity contribution < 1.29 is 29.3 Å². The molecule has 0 spiro atoms. The number of benzene rings is 1. The molecule has 1 heterocycles. The Kier molecular flexibility index (Phi) is 17.2. The highest BCUT2D eigenvalue weighted by Crippen LogP contribution is 2.26. The zero-order valence-electron chi connectivity index (χ0n) is 25.0. The third kappa shape index (κ3) is 14.4. The largest absolute Gasteiger partial charge is 0.493 e. The Labute approximate surface area is 236 Å². The normalized spacial score (nSPS) is 16.1. The lowest BCUT2D eigenvalue weighted by atomic mass is 10.0. The van der Waals surface area contributed by atoms with Gasteiger partial charge < -0.3 is 19.6 Å². The SMILES string of the molecule is CCCCC(CC)COc1cc(COOC(=O)CCCN2CCN(O)CC2)cc(OCC(CC)CCCC)c1. The van der Waals surface area contributed by atoms with Crippen LogP contribution < -0.4 is 9.47 Å². The van der Waals surface area contributed by atoms with E-state index in [9.17, 15) is 10.0 Å². The first-order valence-corrected chi connectivity index (χ1v) is 15.3. The van der Waals surface area contributed by atoms with Crippen LogP contribution in [0.2, 0.25) is 0 Å². The van der Waals surface area contributed by atoms with Gasteiger partial charge in [0.1, 0.15) is 18.1 Å². The topological polar surface area (TPSA) is 80.7 Å². The summed E-state index contributed by atoms with van der Waals surface area (Å²) in [6.45, 7) is 14.0. The molecule has 0 amide bonds. The molecule has 224 valence electrons. The fourth-order valence-electron chi connectivity index (χ4n) is 4.72. The van der Waals surface area contributed by atoms with Crippen molar-refractivity contribution in [1.29, 1.82) is 0 Å². The number of ether oxygens (including phenoxy) is 2. The van der Waals surface area contributed by atoms with Crippen molar-refractivity contribution in [3.8, 4) is 11.5 Å². The lowest BCUT2D eigenvalue weighted by Gasteiger charge is -2.30. The molecule has 0 saturated carbocycles. The molecule has 0 aliphatic carbocycles. The first-order valence-electron chi connectivity index (χ1n) is 15.3. The van der Waals surface area contributed by atoms with Crippen LogP contribution in [0.3, 0.4) is 0 Å². The quantitative estimate of drug-likeness (QED) is 0.135. The van der Waals surface area contributed by atoms with Crippen LogP contribution in [0.15, 0.2) is 18.2 Å². The van der Waals surface area contributed by atoms with E-state index in [1.165, 1.54) is 43.6 Å². The minimum atomic E-state index is -0.372. The fraction of sp³-hybridized carbons (Fsp3) is 0.774. The van der Waals surface area contributed by atoms with Gasteiger partial charge in [0.2, 0.25) is 0 Å². The van der Waals surface area contributed by atoms with Crippen LogP contribution in [0.5, 0.6) is 11.5 Å². The average Bonchev–Trinajstić information content (AvgIpc) is 2.94. The molecule has 1 aliphatic heterocycles. The number of unbranched alkanes of at least 4 members (excludes halogenated alkanes) is 2. The molecule has 1 saturated heterocycles. The van der Waals surface area contributed by atoms with Gasteiger partial charge in [0.15, 0.2) is 0 Å². The molecule has 1 aromatic rings. The first kappa shape index (κ1) is 33.3. The minimum Gasteiger partial charge on any atom is -0.493 e.